The highest BCUT2D eigenvalue weighted by Gasteiger charge is 2.28. The Morgan fingerprint density at radius 2 is 0.849 bits per heavy atom. The Labute approximate surface area is 328 Å². The summed E-state index contributed by atoms with van der Waals surface area (Å²) in [6.07, 6.45) is 46.2. The van der Waals surface area contributed by atoms with Crippen molar-refractivity contribution in [3.05, 3.63) is 24.3 Å². The summed E-state index contributed by atoms with van der Waals surface area (Å²) in [6, 6.07) is -1.15. The molecule has 0 aliphatic heterocycles. The summed E-state index contributed by atoms with van der Waals surface area (Å²) in [5.74, 6) is -1.46. The Morgan fingerprint density at radius 1 is 0.509 bits per heavy atom. The molecule has 0 saturated heterocycles. The zero-order valence-electron chi connectivity index (χ0n) is 34.8. The van der Waals surface area contributed by atoms with E-state index in [1.807, 2.05) is 0 Å². The van der Waals surface area contributed by atoms with Crippen LogP contribution in [0.15, 0.2) is 24.3 Å². The Kier molecular flexibility index (Phi) is 38.1. The fourth-order valence-electron chi connectivity index (χ4n) is 7.02. The number of unbranched alkanes of at least 4 members (excludes halogenated alkanes) is 28. The van der Waals surface area contributed by atoms with Gasteiger partial charge in [0.05, 0.1) is 17.9 Å². The third-order valence-electron chi connectivity index (χ3n) is 10.5. The van der Waals surface area contributed by atoms with Crippen LogP contribution in [0.2, 0.25) is 0 Å². The van der Waals surface area contributed by atoms with Crippen molar-refractivity contribution in [2.45, 2.75) is 250 Å². The maximum absolute atomic E-state index is 12.6. The molecule has 0 aliphatic rings. The molecule has 0 bridgehead atoms. The van der Waals surface area contributed by atoms with Crippen molar-refractivity contribution in [1.82, 2.24) is 5.32 Å². The van der Waals surface area contributed by atoms with Gasteiger partial charge in [-0.2, -0.15) is 8.42 Å². The van der Waals surface area contributed by atoms with Gasteiger partial charge in [-0.15, -0.1) is 0 Å². The number of allylic oxidation sites excluding steroid dienone is 4. The fraction of sp³-hybridized carbons (Fsp3) is 0.889. The lowest BCUT2D eigenvalue weighted by Crippen LogP contribution is -2.50. The topological polar surface area (TPSA) is 124 Å². The minimum Gasteiger partial charge on any atom is -0.391 e. The zero-order chi connectivity index (χ0) is 39.1. The van der Waals surface area contributed by atoms with Crippen molar-refractivity contribution in [3.8, 4) is 0 Å². The quantitative estimate of drug-likeness (QED) is 0.0279. The van der Waals surface area contributed by atoms with Gasteiger partial charge in [0.1, 0.15) is 6.10 Å². The summed E-state index contributed by atoms with van der Waals surface area (Å²) in [5, 5.41) is 23.6. The van der Waals surface area contributed by atoms with E-state index in [1.165, 1.54) is 135 Å². The van der Waals surface area contributed by atoms with Gasteiger partial charge in [-0.05, 0) is 44.9 Å². The summed E-state index contributed by atoms with van der Waals surface area (Å²) in [7, 11) is -4.41. The Balaban J connectivity index is 3.92. The second-order valence-corrected chi connectivity index (χ2v) is 17.3. The molecule has 3 unspecified atom stereocenters. The van der Waals surface area contributed by atoms with Gasteiger partial charge < -0.3 is 15.5 Å². The van der Waals surface area contributed by atoms with Gasteiger partial charge in [0.2, 0.25) is 5.91 Å². The van der Waals surface area contributed by atoms with Crippen molar-refractivity contribution < 1.29 is 28.0 Å². The third-order valence-corrected chi connectivity index (χ3v) is 11.3. The van der Waals surface area contributed by atoms with E-state index in [-0.39, 0.29) is 6.42 Å². The van der Waals surface area contributed by atoms with Crippen molar-refractivity contribution in [2.75, 3.05) is 5.75 Å². The molecule has 0 rings (SSSR count). The summed E-state index contributed by atoms with van der Waals surface area (Å²) >= 11 is 0. The molecule has 8 heteroatoms. The molecule has 0 fully saturated rings. The standard InChI is InChI=1S/C45H87NO6S/c1-3-5-7-9-11-13-15-17-19-21-22-23-24-26-27-29-31-33-35-37-39-43(47)42(41-53(50,51)52)46-45(49)44(48)40-38-36-34-32-30-28-25-20-18-16-14-12-10-8-6-4-2/h12,14,18,20,42-44,47-48H,3-11,13,15-17,19,21-41H2,1-2H3,(H,46,49)(H,50,51,52)/b14-12-,20-18-. The molecule has 7 nitrogen and oxygen atoms in total. The average molecular weight is 770 g/mol. The van der Waals surface area contributed by atoms with Crippen LogP contribution in [0, 0.1) is 0 Å². The summed E-state index contributed by atoms with van der Waals surface area (Å²) in [4.78, 5) is 12.6. The zero-order valence-corrected chi connectivity index (χ0v) is 35.6. The first-order valence-electron chi connectivity index (χ1n) is 22.6. The molecular formula is C45H87NO6S. The molecule has 0 aromatic heterocycles. The van der Waals surface area contributed by atoms with Crippen molar-refractivity contribution >= 4 is 16.0 Å². The van der Waals surface area contributed by atoms with Crippen molar-refractivity contribution in [1.29, 1.82) is 0 Å². The molecule has 0 aromatic rings. The van der Waals surface area contributed by atoms with E-state index in [0.717, 1.165) is 57.8 Å². The molecule has 3 atom stereocenters. The molecule has 0 heterocycles. The van der Waals surface area contributed by atoms with Gasteiger partial charge in [-0.1, -0.05) is 212 Å². The van der Waals surface area contributed by atoms with Crippen LogP contribution in [0.5, 0.6) is 0 Å². The fourth-order valence-corrected chi connectivity index (χ4v) is 7.78. The predicted octanol–water partition coefficient (Wildman–Crippen LogP) is 12.5. The predicted molar refractivity (Wildman–Crippen MR) is 227 cm³/mol. The Hall–Kier alpha value is -1.22. The number of aliphatic hydroxyl groups is 2. The van der Waals surface area contributed by atoms with Crippen molar-refractivity contribution in [3.63, 3.8) is 0 Å². The van der Waals surface area contributed by atoms with Gasteiger partial charge in [0, 0.05) is 0 Å². The Morgan fingerprint density at radius 3 is 1.26 bits per heavy atom. The highest BCUT2D eigenvalue weighted by Crippen LogP contribution is 2.17. The summed E-state index contributed by atoms with van der Waals surface area (Å²) in [6.45, 7) is 4.50. The highest BCUT2D eigenvalue weighted by atomic mass is 32.2. The van der Waals surface area contributed by atoms with Crippen molar-refractivity contribution in [2.24, 2.45) is 0 Å². The molecular weight excluding hydrogens is 683 g/mol. The van der Waals surface area contributed by atoms with Gasteiger partial charge in [-0.3, -0.25) is 9.35 Å². The summed E-state index contributed by atoms with van der Waals surface area (Å²) in [5.41, 5.74) is 0. The largest absolute Gasteiger partial charge is 0.391 e. The second-order valence-electron chi connectivity index (χ2n) is 15.8. The van der Waals surface area contributed by atoms with E-state index in [0.29, 0.717) is 19.3 Å². The van der Waals surface area contributed by atoms with Gasteiger partial charge >= 0.3 is 0 Å². The number of carbonyl (C=O) groups excluding carboxylic acids is 1. The first-order chi connectivity index (χ1) is 25.7. The van der Waals surface area contributed by atoms with Crippen LogP contribution < -0.4 is 5.32 Å². The second kappa shape index (κ2) is 39.0. The summed E-state index contributed by atoms with van der Waals surface area (Å²) < 4.78 is 32.7. The van der Waals surface area contributed by atoms with Crippen LogP contribution in [0.3, 0.4) is 0 Å². The van der Waals surface area contributed by atoms with Crippen LogP contribution in [0.25, 0.3) is 0 Å². The average Bonchev–Trinajstić information content (AvgIpc) is 3.12. The third kappa shape index (κ3) is 38.8. The van der Waals surface area contributed by atoms with Crippen LogP contribution in [-0.4, -0.2) is 53.1 Å². The minimum absolute atomic E-state index is 0.286. The number of nitrogens with one attached hydrogen (secondary N) is 1. The number of aliphatic hydroxyl groups excluding tert-OH is 2. The lowest BCUT2D eigenvalue weighted by Gasteiger charge is -2.24. The first kappa shape index (κ1) is 51.8. The first-order valence-corrected chi connectivity index (χ1v) is 24.2. The highest BCUT2D eigenvalue weighted by molar-refractivity contribution is 7.85. The lowest BCUT2D eigenvalue weighted by molar-refractivity contribution is -0.131. The Bertz CT molecular complexity index is 953. The number of amides is 1. The van der Waals surface area contributed by atoms with Gasteiger partial charge in [-0.25, -0.2) is 0 Å². The molecule has 0 aromatic carbocycles. The van der Waals surface area contributed by atoms with E-state index < -0.39 is 40.0 Å². The van der Waals surface area contributed by atoms with E-state index in [1.54, 1.807) is 0 Å². The maximum Gasteiger partial charge on any atom is 0.266 e. The van der Waals surface area contributed by atoms with E-state index >= 15 is 0 Å². The van der Waals surface area contributed by atoms with Crippen LogP contribution in [0.4, 0.5) is 0 Å². The molecule has 53 heavy (non-hydrogen) atoms. The van der Waals surface area contributed by atoms with Crippen LogP contribution >= 0.6 is 0 Å². The molecule has 0 radical (unpaired) electrons. The molecule has 0 saturated carbocycles. The number of hydrogen-bond acceptors (Lipinski definition) is 5. The molecule has 1 amide bonds. The maximum atomic E-state index is 12.6. The smallest absolute Gasteiger partial charge is 0.266 e. The lowest BCUT2D eigenvalue weighted by atomic mass is 10.0. The van der Waals surface area contributed by atoms with Gasteiger partial charge in [0.15, 0.2) is 0 Å². The normalized spacial score (nSPS) is 14.0. The molecule has 0 aliphatic carbocycles. The SMILES string of the molecule is CCCCC/C=C\C/C=C\CCCCCCCCC(O)C(=O)NC(CS(=O)(=O)O)C(O)CCCCCCCCCCCCCCCCCCCCCC. The molecule has 4 N–H and O–H groups in total. The number of hydrogen-bond donors (Lipinski definition) is 4. The number of carbonyl (C=O) groups is 1. The minimum atomic E-state index is -4.41. The van der Waals surface area contributed by atoms with Crippen LogP contribution in [-0.2, 0) is 14.9 Å². The van der Waals surface area contributed by atoms with E-state index in [4.69, 9.17) is 0 Å². The molecule has 0 spiro atoms. The number of rotatable bonds is 41. The monoisotopic (exact) mass is 770 g/mol. The van der Waals surface area contributed by atoms with Gasteiger partial charge in [0.25, 0.3) is 10.1 Å². The molecule has 314 valence electrons. The van der Waals surface area contributed by atoms with Crippen LogP contribution in [0.1, 0.15) is 232 Å². The van der Waals surface area contributed by atoms with E-state index in [9.17, 15) is 28.0 Å². The van der Waals surface area contributed by atoms with E-state index in [2.05, 4.69) is 43.5 Å².